The van der Waals surface area contributed by atoms with E-state index in [1.165, 1.54) is 10.5 Å². The fraction of sp³-hybridized carbons (Fsp3) is 0.538. The Morgan fingerprint density at radius 1 is 1.44 bits per heavy atom. The Morgan fingerprint density at radius 2 is 2.25 bits per heavy atom. The van der Waals surface area contributed by atoms with Crippen molar-refractivity contribution in [2.75, 3.05) is 25.9 Å². The van der Waals surface area contributed by atoms with Gasteiger partial charge in [-0.1, -0.05) is 17.7 Å². The maximum absolute atomic E-state index is 9.84. The van der Waals surface area contributed by atoms with Gasteiger partial charge in [0.1, 0.15) is 0 Å². The van der Waals surface area contributed by atoms with E-state index in [2.05, 4.69) is 43.1 Å². The third-order valence-electron chi connectivity index (χ3n) is 3.04. The molecule has 0 aliphatic carbocycles. The lowest BCUT2D eigenvalue weighted by molar-refractivity contribution is 0.152. The van der Waals surface area contributed by atoms with Crippen molar-refractivity contribution in [2.45, 2.75) is 17.9 Å². The van der Waals surface area contributed by atoms with Crippen LogP contribution >= 0.6 is 11.8 Å². The highest BCUT2D eigenvalue weighted by Crippen LogP contribution is 2.26. The van der Waals surface area contributed by atoms with Crippen LogP contribution in [-0.4, -0.2) is 42.0 Å². The van der Waals surface area contributed by atoms with E-state index in [1.54, 1.807) is 0 Å². The predicted octanol–water partition coefficient (Wildman–Crippen LogP) is 2.01. The third-order valence-corrected chi connectivity index (χ3v) is 4.22. The fourth-order valence-corrected chi connectivity index (χ4v) is 3.32. The number of aliphatic hydroxyl groups is 1. The van der Waals surface area contributed by atoms with Crippen molar-refractivity contribution in [2.24, 2.45) is 5.92 Å². The van der Waals surface area contributed by atoms with Crippen molar-refractivity contribution in [3.8, 4) is 0 Å². The van der Waals surface area contributed by atoms with Crippen molar-refractivity contribution < 1.29 is 5.11 Å². The first kappa shape index (κ1) is 12.0. The molecule has 0 saturated carbocycles. The monoisotopic (exact) mass is 237 g/mol. The first-order valence-corrected chi connectivity index (χ1v) is 6.70. The quantitative estimate of drug-likeness (QED) is 0.814. The Balaban J connectivity index is 1.88. The van der Waals surface area contributed by atoms with Gasteiger partial charge in [-0.15, -0.1) is 11.8 Å². The minimum absolute atomic E-state index is 0.151. The highest BCUT2D eigenvalue weighted by molar-refractivity contribution is 7.99. The lowest BCUT2D eigenvalue weighted by Crippen LogP contribution is -2.19. The molecular formula is C13H19NOS. The number of nitrogens with zero attached hydrogens (tertiary/aromatic N) is 1. The molecule has 1 aromatic rings. The van der Waals surface area contributed by atoms with Crippen molar-refractivity contribution in [1.29, 1.82) is 0 Å². The molecule has 3 heteroatoms. The number of likely N-dealkylation sites (N-methyl/N-ethyl adjacent to an activating group) is 1. The summed E-state index contributed by atoms with van der Waals surface area (Å²) in [7, 11) is 2.07. The SMILES string of the molecule is Cc1cccc(SC[C@@H]2CN(C)C[C@H]2O)c1. The van der Waals surface area contributed by atoms with Gasteiger partial charge in [0.2, 0.25) is 0 Å². The number of likely N-dealkylation sites (tertiary alicyclic amines) is 1. The van der Waals surface area contributed by atoms with Crippen LogP contribution in [0.25, 0.3) is 0 Å². The van der Waals surface area contributed by atoms with E-state index in [0.717, 1.165) is 18.8 Å². The van der Waals surface area contributed by atoms with Gasteiger partial charge in [-0.3, -0.25) is 0 Å². The molecule has 0 spiro atoms. The first-order valence-electron chi connectivity index (χ1n) is 5.71. The summed E-state index contributed by atoms with van der Waals surface area (Å²) in [5.41, 5.74) is 1.30. The number of hydrogen-bond acceptors (Lipinski definition) is 3. The van der Waals surface area contributed by atoms with E-state index in [9.17, 15) is 5.11 Å². The van der Waals surface area contributed by atoms with E-state index < -0.39 is 0 Å². The van der Waals surface area contributed by atoms with Crippen molar-refractivity contribution >= 4 is 11.8 Å². The zero-order valence-corrected chi connectivity index (χ0v) is 10.7. The topological polar surface area (TPSA) is 23.5 Å². The van der Waals surface area contributed by atoms with Gasteiger partial charge >= 0.3 is 0 Å². The highest BCUT2D eigenvalue weighted by atomic mass is 32.2. The maximum Gasteiger partial charge on any atom is 0.0715 e. The molecule has 16 heavy (non-hydrogen) atoms. The van der Waals surface area contributed by atoms with E-state index >= 15 is 0 Å². The Hall–Kier alpha value is -0.510. The summed E-state index contributed by atoms with van der Waals surface area (Å²) < 4.78 is 0. The molecule has 2 rings (SSSR count). The average Bonchev–Trinajstić information content (AvgIpc) is 2.54. The molecule has 0 amide bonds. The van der Waals surface area contributed by atoms with Gasteiger partial charge in [0, 0.05) is 29.7 Å². The molecule has 0 unspecified atom stereocenters. The molecule has 1 heterocycles. The summed E-state index contributed by atoms with van der Waals surface area (Å²) in [5.74, 6) is 1.42. The number of aryl methyl sites for hydroxylation is 1. The van der Waals surface area contributed by atoms with Crippen LogP contribution < -0.4 is 0 Å². The smallest absolute Gasteiger partial charge is 0.0715 e. The van der Waals surface area contributed by atoms with Crippen molar-refractivity contribution in [3.05, 3.63) is 29.8 Å². The van der Waals surface area contributed by atoms with E-state index in [-0.39, 0.29) is 6.10 Å². The predicted molar refractivity (Wildman–Crippen MR) is 68.9 cm³/mol. The van der Waals surface area contributed by atoms with Crippen LogP contribution in [-0.2, 0) is 0 Å². The largest absolute Gasteiger partial charge is 0.391 e. The first-order chi connectivity index (χ1) is 7.65. The lowest BCUT2D eigenvalue weighted by atomic mass is 10.1. The van der Waals surface area contributed by atoms with Gasteiger partial charge < -0.3 is 10.0 Å². The molecule has 0 bridgehead atoms. The summed E-state index contributed by atoms with van der Waals surface area (Å²) in [6, 6.07) is 8.55. The highest BCUT2D eigenvalue weighted by Gasteiger charge is 2.28. The molecule has 1 aromatic carbocycles. The number of aliphatic hydroxyl groups excluding tert-OH is 1. The third kappa shape index (κ3) is 3.00. The standard InChI is InChI=1S/C13H19NOS/c1-10-4-3-5-12(6-10)16-9-11-7-14(2)8-13(11)15/h3-6,11,13,15H,7-9H2,1-2H3/t11-,13+/m0/s1. The van der Waals surface area contributed by atoms with Gasteiger partial charge in [0.15, 0.2) is 0 Å². The van der Waals surface area contributed by atoms with Crippen LogP contribution in [0.1, 0.15) is 5.56 Å². The van der Waals surface area contributed by atoms with Crippen molar-refractivity contribution in [3.63, 3.8) is 0 Å². The van der Waals surface area contributed by atoms with E-state index in [1.807, 2.05) is 11.8 Å². The molecule has 0 radical (unpaired) electrons. The number of rotatable bonds is 3. The zero-order valence-electron chi connectivity index (χ0n) is 9.89. The van der Waals surface area contributed by atoms with Crippen LogP contribution in [0.2, 0.25) is 0 Å². The van der Waals surface area contributed by atoms with Crippen molar-refractivity contribution in [1.82, 2.24) is 4.90 Å². The molecule has 2 nitrogen and oxygen atoms in total. The summed E-state index contributed by atoms with van der Waals surface area (Å²) in [6.45, 7) is 3.95. The van der Waals surface area contributed by atoms with Crippen LogP contribution in [0.4, 0.5) is 0 Å². The number of benzene rings is 1. The fourth-order valence-electron chi connectivity index (χ4n) is 2.14. The van der Waals surface area contributed by atoms with Gasteiger partial charge in [0.05, 0.1) is 6.10 Å². The normalized spacial score (nSPS) is 26.2. The molecule has 1 N–H and O–H groups in total. The molecular weight excluding hydrogens is 218 g/mol. The number of hydrogen-bond donors (Lipinski definition) is 1. The second-order valence-electron chi connectivity index (χ2n) is 4.68. The summed E-state index contributed by atoms with van der Waals surface area (Å²) >= 11 is 1.85. The van der Waals surface area contributed by atoms with Crippen LogP contribution in [0, 0.1) is 12.8 Å². The summed E-state index contributed by atoms with van der Waals surface area (Å²) in [6.07, 6.45) is -0.151. The van der Waals surface area contributed by atoms with Crippen LogP contribution in [0.3, 0.4) is 0 Å². The van der Waals surface area contributed by atoms with Gasteiger partial charge in [-0.2, -0.15) is 0 Å². The summed E-state index contributed by atoms with van der Waals surface area (Å²) in [5, 5.41) is 9.84. The summed E-state index contributed by atoms with van der Waals surface area (Å²) in [4.78, 5) is 3.51. The Kier molecular flexibility index (Phi) is 3.90. The zero-order chi connectivity index (χ0) is 11.5. The molecule has 0 aromatic heterocycles. The van der Waals surface area contributed by atoms with Crippen LogP contribution in [0.15, 0.2) is 29.2 Å². The second-order valence-corrected chi connectivity index (χ2v) is 5.77. The molecule has 2 atom stereocenters. The number of thioether (sulfide) groups is 1. The number of β-amino-alcohol motifs (C(OH)–C–C–N with tert-alkyl or cyclic N) is 1. The molecule has 1 aliphatic rings. The minimum atomic E-state index is -0.151. The van der Waals surface area contributed by atoms with Gasteiger partial charge in [0.25, 0.3) is 0 Å². The van der Waals surface area contributed by atoms with E-state index in [0.29, 0.717) is 5.92 Å². The second kappa shape index (κ2) is 5.21. The lowest BCUT2D eigenvalue weighted by Gasteiger charge is -2.12. The molecule has 1 aliphatic heterocycles. The van der Waals surface area contributed by atoms with Gasteiger partial charge in [-0.25, -0.2) is 0 Å². The molecule has 88 valence electrons. The Bertz CT molecular complexity index is 356. The Labute approximate surface area is 102 Å². The maximum atomic E-state index is 9.84. The molecule has 1 saturated heterocycles. The minimum Gasteiger partial charge on any atom is -0.391 e. The van der Waals surface area contributed by atoms with Gasteiger partial charge in [-0.05, 0) is 26.1 Å². The van der Waals surface area contributed by atoms with E-state index in [4.69, 9.17) is 0 Å². The average molecular weight is 237 g/mol. The molecule has 1 fully saturated rings. The van der Waals surface area contributed by atoms with Crippen LogP contribution in [0.5, 0.6) is 0 Å². The Morgan fingerprint density at radius 3 is 2.88 bits per heavy atom.